The van der Waals surface area contributed by atoms with Crippen molar-refractivity contribution >= 4 is 29.9 Å². The summed E-state index contributed by atoms with van der Waals surface area (Å²) in [4.78, 5) is 4.33. The minimum Gasteiger partial charge on any atom is -0.377 e. The van der Waals surface area contributed by atoms with Crippen molar-refractivity contribution in [2.24, 2.45) is 4.99 Å². The fourth-order valence-corrected chi connectivity index (χ4v) is 2.91. The highest BCUT2D eigenvalue weighted by atomic mass is 127. The first-order valence-corrected chi connectivity index (χ1v) is 9.78. The first kappa shape index (κ1) is 24.4. The SMILES string of the molecule is CCCOCc1ccccc1CNC(=NC)NCc1c(CC)noc1CC.I. The molecule has 1 heterocycles. The first-order chi connectivity index (χ1) is 13.2. The Bertz CT molecular complexity index is 709. The number of ether oxygens (including phenoxy) is 1. The van der Waals surface area contributed by atoms with Gasteiger partial charge in [-0.25, -0.2) is 0 Å². The van der Waals surface area contributed by atoms with E-state index in [1.54, 1.807) is 7.05 Å². The molecule has 0 aliphatic carbocycles. The number of aromatic nitrogens is 1. The molecule has 2 aromatic rings. The van der Waals surface area contributed by atoms with E-state index in [0.717, 1.165) is 48.8 Å². The summed E-state index contributed by atoms with van der Waals surface area (Å²) in [5, 5.41) is 10.9. The Kier molecular flexibility index (Phi) is 11.8. The second-order valence-corrected chi connectivity index (χ2v) is 6.34. The minimum atomic E-state index is 0. The van der Waals surface area contributed by atoms with Gasteiger partial charge in [0.05, 0.1) is 12.3 Å². The largest absolute Gasteiger partial charge is 0.377 e. The normalized spacial score (nSPS) is 11.2. The molecule has 28 heavy (non-hydrogen) atoms. The average molecular weight is 500 g/mol. The summed E-state index contributed by atoms with van der Waals surface area (Å²) in [6, 6.07) is 8.33. The molecule has 0 radical (unpaired) electrons. The molecule has 0 unspecified atom stereocenters. The fraction of sp³-hybridized carbons (Fsp3) is 0.524. The average Bonchev–Trinajstić information content (AvgIpc) is 3.11. The van der Waals surface area contributed by atoms with Gasteiger partial charge in [0.25, 0.3) is 0 Å². The summed E-state index contributed by atoms with van der Waals surface area (Å²) in [7, 11) is 1.78. The monoisotopic (exact) mass is 500 g/mol. The van der Waals surface area contributed by atoms with Crippen molar-refractivity contribution in [1.82, 2.24) is 15.8 Å². The number of rotatable bonds is 10. The molecule has 7 heteroatoms. The van der Waals surface area contributed by atoms with Crippen LogP contribution >= 0.6 is 24.0 Å². The summed E-state index contributed by atoms with van der Waals surface area (Å²) in [6.07, 6.45) is 2.72. The Hall–Kier alpha value is -1.61. The van der Waals surface area contributed by atoms with Gasteiger partial charge in [0, 0.05) is 38.7 Å². The molecule has 6 nitrogen and oxygen atoms in total. The number of nitrogens with zero attached hydrogens (tertiary/aromatic N) is 2. The molecule has 0 saturated carbocycles. The van der Waals surface area contributed by atoms with E-state index >= 15 is 0 Å². The van der Waals surface area contributed by atoms with Crippen LogP contribution in [0.15, 0.2) is 33.8 Å². The summed E-state index contributed by atoms with van der Waals surface area (Å²) in [5.41, 5.74) is 4.56. The highest BCUT2D eigenvalue weighted by molar-refractivity contribution is 14.0. The van der Waals surface area contributed by atoms with Gasteiger partial charge in [-0.1, -0.05) is 50.2 Å². The van der Waals surface area contributed by atoms with Gasteiger partial charge in [-0.3, -0.25) is 4.99 Å². The van der Waals surface area contributed by atoms with Crippen LogP contribution in [0, 0.1) is 0 Å². The van der Waals surface area contributed by atoms with Crippen LogP contribution in [0.1, 0.15) is 55.3 Å². The number of benzene rings is 1. The number of nitrogens with one attached hydrogen (secondary N) is 2. The van der Waals surface area contributed by atoms with E-state index in [9.17, 15) is 0 Å². The second kappa shape index (κ2) is 13.5. The lowest BCUT2D eigenvalue weighted by molar-refractivity contribution is 0.121. The molecule has 2 N–H and O–H groups in total. The second-order valence-electron chi connectivity index (χ2n) is 6.34. The van der Waals surface area contributed by atoms with E-state index in [4.69, 9.17) is 9.26 Å². The van der Waals surface area contributed by atoms with Crippen molar-refractivity contribution in [2.75, 3.05) is 13.7 Å². The Morgan fingerprint density at radius 2 is 1.79 bits per heavy atom. The summed E-state index contributed by atoms with van der Waals surface area (Å²) in [5.74, 6) is 1.69. The van der Waals surface area contributed by atoms with Crippen LogP contribution < -0.4 is 10.6 Å². The molecule has 0 aliphatic heterocycles. The molecular weight excluding hydrogens is 467 g/mol. The molecule has 1 aromatic heterocycles. The van der Waals surface area contributed by atoms with Crippen molar-refractivity contribution in [3.63, 3.8) is 0 Å². The molecule has 0 amide bonds. The van der Waals surface area contributed by atoms with Crippen molar-refractivity contribution in [3.05, 3.63) is 52.4 Å². The highest BCUT2D eigenvalue weighted by Gasteiger charge is 2.13. The molecule has 1 aromatic carbocycles. The van der Waals surface area contributed by atoms with Gasteiger partial charge in [0.2, 0.25) is 0 Å². The number of aliphatic imine (C=N–C) groups is 1. The summed E-state index contributed by atoms with van der Waals surface area (Å²) >= 11 is 0. The van der Waals surface area contributed by atoms with Gasteiger partial charge in [-0.2, -0.15) is 0 Å². The summed E-state index contributed by atoms with van der Waals surface area (Å²) < 4.78 is 11.1. The van der Waals surface area contributed by atoms with E-state index < -0.39 is 0 Å². The third-order valence-electron chi connectivity index (χ3n) is 4.43. The van der Waals surface area contributed by atoms with Crippen molar-refractivity contribution < 1.29 is 9.26 Å². The van der Waals surface area contributed by atoms with Crippen LogP contribution in [0.2, 0.25) is 0 Å². The molecule has 0 saturated heterocycles. The van der Waals surface area contributed by atoms with Crippen molar-refractivity contribution in [2.45, 2.75) is 59.7 Å². The molecule has 0 spiro atoms. The Morgan fingerprint density at radius 3 is 2.43 bits per heavy atom. The van der Waals surface area contributed by atoms with Crippen LogP contribution in [0.5, 0.6) is 0 Å². The lowest BCUT2D eigenvalue weighted by Gasteiger charge is -2.14. The van der Waals surface area contributed by atoms with Gasteiger partial charge in [0.15, 0.2) is 5.96 Å². The van der Waals surface area contributed by atoms with E-state index in [1.165, 1.54) is 11.1 Å². The number of aryl methyl sites for hydroxylation is 2. The lowest BCUT2D eigenvalue weighted by Crippen LogP contribution is -2.36. The minimum absolute atomic E-state index is 0. The number of guanidine groups is 1. The molecule has 0 bridgehead atoms. The zero-order chi connectivity index (χ0) is 19.5. The smallest absolute Gasteiger partial charge is 0.191 e. The molecule has 2 rings (SSSR count). The van der Waals surface area contributed by atoms with Crippen molar-refractivity contribution in [3.8, 4) is 0 Å². The number of hydrogen-bond donors (Lipinski definition) is 2. The maximum absolute atomic E-state index is 5.70. The van der Waals surface area contributed by atoms with Gasteiger partial charge in [-0.15, -0.1) is 24.0 Å². The molecular formula is C21H33IN4O2. The fourth-order valence-electron chi connectivity index (χ4n) is 2.91. The maximum Gasteiger partial charge on any atom is 0.191 e. The van der Waals surface area contributed by atoms with Crippen LogP contribution in [0.25, 0.3) is 0 Å². The van der Waals surface area contributed by atoms with E-state index in [2.05, 4.69) is 59.8 Å². The standard InChI is InChI=1S/C21H32N4O2.HI/c1-5-12-26-15-17-11-9-8-10-16(17)13-23-21(22-4)24-14-18-19(6-2)25-27-20(18)7-3;/h8-11H,5-7,12-15H2,1-4H3,(H2,22,23,24);1H. The van der Waals surface area contributed by atoms with Gasteiger partial charge in [0.1, 0.15) is 5.76 Å². The van der Waals surface area contributed by atoms with Crippen molar-refractivity contribution in [1.29, 1.82) is 0 Å². The highest BCUT2D eigenvalue weighted by Crippen LogP contribution is 2.15. The third kappa shape index (κ3) is 7.09. The first-order valence-electron chi connectivity index (χ1n) is 9.78. The quantitative estimate of drug-likeness (QED) is 0.221. The maximum atomic E-state index is 5.70. The van der Waals surface area contributed by atoms with Crippen LogP contribution in [0.3, 0.4) is 0 Å². The number of hydrogen-bond acceptors (Lipinski definition) is 4. The predicted octanol–water partition coefficient (Wildman–Crippen LogP) is 4.21. The van der Waals surface area contributed by atoms with E-state index in [-0.39, 0.29) is 24.0 Å². The molecule has 0 atom stereocenters. The van der Waals surface area contributed by atoms with E-state index in [0.29, 0.717) is 19.7 Å². The molecule has 0 fully saturated rings. The zero-order valence-electron chi connectivity index (χ0n) is 17.4. The molecule has 156 valence electrons. The lowest BCUT2D eigenvalue weighted by atomic mass is 10.1. The van der Waals surface area contributed by atoms with Crippen LogP contribution in [0.4, 0.5) is 0 Å². The topological polar surface area (TPSA) is 71.7 Å². The van der Waals surface area contributed by atoms with Gasteiger partial charge >= 0.3 is 0 Å². The molecule has 0 aliphatic rings. The Labute approximate surface area is 185 Å². The van der Waals surface area contributed by atoms with Gasteiger partial charge < -0.3 is 19.9 Å². The Morgan fingerprint density at radius 1 is 1.07 bits per heavy atom. The Balaban J connectivity index is 0.00000392. The third-order valence-corrected chi connectivity index (χ3v) is 4.43. The van der Waals surface area contributed by atoms with E-state index in [1.807, 2.05) is 6.07 Å². The zero-order valence-corrected chi connectivity index (χ0v) is 19.7. The summed E-state index contributed by atoms with van der Waals surface area (Å²) in [6.45, 7) is 9.04. The van der Waals surface area contributed by atoms with Crippen LogP contribution in [-0.2, 0) is 37.3 Å². The van der Waals surface area contributed by atoms with Crippen LogP contribution in [-0.4, -0.2) is 24.8 Å². The predicted molar refractivity (Wildman–Crippen MR) is 124 cm³/mol. The van der Waals surface area contributed by atoms with Gasteiger partial charge in [-0.05, 0) is 24.0 Å². The number of halogens is 1.